The molecular weight excluding hydrogens is 346 g/mol. The molecule has 0 unspecified atom stereocenters. The first-order valence-corrected chi connectivity index (χ1v) is 8.84. The summed E-state index contributed by atoms with van der Waals surface area (Å²) in [6.45, 7) is 0. The molecule has 0 aliphatic rings. The number of hydrogen-bond acceptors (Lipinski definition) is 3. The predicted molar refractivity (Wildman–Crippen MR) is 98.4 cm³/mol. The van der Waals surface area contributed by atoms with E-state index in [0.29, 0.717) is 16.3 Å². The third-order valence-corrected chi connectivity index (χ3v) is 4.45. The molecule has 2 rings (SSSR count). The highest BCUT2D eigenvalue weighted by atomic mass is 35.5. The third-order valence-electron chi connectivity index (χ3n) is 3.36. The SMILES string of the molecule is CSc1ccc(NC(=O)C[C@H](NC(N)=O)c2ccccc2Cl)cc1. The zero-order valence-electron chi connectivity index (χ0n) is 13.1. The van der Waals surface area contributed by atoms with Gasteiger partial charge in [-0.05, 0) is 42.2 Å². The lowest BCUT2D eigenvalue weighted by atomic mass is 10.0. The van der Waals surface area contributed by atoms with Crippen LogP contribution in [-0.4, -0.2) is 18.2 Å². The van der Waals surface area contributed by atoms with Gasteiger partial charge in [0.05, 0.1) is 12.5 Å². The molecule has 7 heteroatoms. The third kappa shape index (κ3) is 5.18. The maximum Gasteiger partial charge on any atom is 0.312 e. The number of nitrogens with two attached hydrogens (primary N) is 1. The Morgan fingerprint density at radius 1 is 1.17 bits per heavy atom. The quantitative estimate of drug-likeness (QED) is 0.682. The average Bonchev–Trinajstić information content (AvgIpc) is 2.55. The molecule has 126 valence electrons. The van der Waals surface area contributed by atoms with Crippen LogP contribution >= 0.6 is 23.4 Å². The van der Waals surface area contributed by atoms with Gasteiger partial charge in [-0.3, -0.25) is 4.79 Å². The number of halogens is 1. The van der Waals surface area contributed by atoms with E-state index in [2.05, 4.69) is 10.6 Å². The van der Waals surface area contributed by atoms with Gasteiger partial charge in [0.25, 0.3) is 0 Å². The number of benzene rings is 2. The monoisotopic (exact) mass is 363 g/mol. The highest BCUT2D eigenvalue weighted by Crippen LogP contribution is 2.25. The van der Waals surface area contributed by atoms with Gasteiger partial charge in [0.15, 0.2) is 0 Å². The van der Waals surface area contributed by atoms with Crippen molar-refractivity contribution in [3.05, 3.63) is 59.1 Å². The number of urea groups is 1. The van der Waals surface area contributed by atoms with Gasteiger partial charge >= 0.3 is 6.03 Å². The van der Waals surface area contributed by atoms with E-state index in [1.165, 1.54) is 0 Å². The summed E-state index contributed by atoms with van der Waals surface area (Å²) in [6, 6.07) is 13.2. The predicted octanol–water partition coefficient (Wildman–Crippen LogP) is 3.80. The minimum atomic E-state index is -0.711. The van der Waals surface area contributed by atoms with Crippen molar-refractivity contribution in [2.45, 2.75) is 17.4 Å². The van der Waals surface area contributed by atoms with Crippen molar-refractivity contribution in [2.24, 2.45) is 5.73 Å². The Hall–Kier alpha value is -2.18. The zero-order valence-corrected chi connectivity index (χ0v) is 14.7. The van der Waals surface area contributed by atoms with Gasteiger partial charge in [0.2, 0.25) is 5.91 Å². The molecule has 5 nitrogen and oxygen atoms in total. The molecule has 0 aromatic heterocycles. The summed E-state index contributed by atoms with van der Waals surface area (Å²) in [5, 5.41) is 5.83. The summed E-state index contributed by atoms with van der Waals surface area (Å²) in [5.41, 5.74) is 6.55. The van der Waals surface area contributed by atoms with Gasteiger partial charge in [-0.1, -0.05) is 29.8 Å². The second-order valence-electron chi connectivity index (χ2n) is 5.06. The number of nitrogens with one attached hydrogen (secondary N) is 2. The number of amides is 3. The van der Waals surface area contributed by atoms with E-state index in [1.54, 1.807) is 36.0 Å². The molecular formula is C17H18ClN3O2S. The molecule has 0 heterocycles. The van der Waals surface area contributed by atoms with Crippen molar-refractivity contribution in [2.75, 3.05) is 11.6 Å². The molecule has 0 fully saturated rings. The molecule has 4 N–H and O–H groups in total. The normalized spacial score (nSPS) is 11.6. The van der Waals surface area contributed by atoms with Crippen LogP contribution in [0, 0.1) is 0 Å². The molecule has 0 bridgehead atoms. The molecule has 1 atom stereocenters. The summed E-state index contributed by atoms with van der Waals surface area (Å²) in [4.78, 5) is 24.6. The van der Waals surface area contributed by atoms with Gasteiger partial charge in [-0.25, -0.2) is 4.79 Å². The van der Waals surface area contributed by atoms with Crippen LogP contribution in [-0.2, 0) is 4.79 Å². The maximum atomic E-state index is 12.3. The number of anilines is 1. The first kappa shape index (κ1) is 18.2. The number of carbonyl (C=O) groups is 2. The van der Waals surface area contributed by atoms with E-state index in [9.17, 15) is 9.59 Å². The fraction of sp³-hybridized carbons (Fsp3) is 0.176. The molecule has 0 saturated heterocycles. The topological polar surface area (TPSA) is 84.2 Å². The lowest BCUT2D eigenvalue weighted by Crippen LogP contribution is -2.35. The van der Waals surface area contributed by atoms with Gasteiger partial charge in [0, 0.05) is 15.6 Å². The Labute approximate surface area is 150 Å². The maximum absolute atomic E-state index is 12.3. The average molecular weight is 364 g/mol. The lowest BCUT2D eigenvalue weighted by Gasteiger charge is -2.19. The summed E-state index contributed by atoms with van der Waals surface area (Å²) < 4.78 is 0. The molecule has 24 heavy (non-hydrogen) atoms. The number of carbonyl (C=O) groups excluding carboxylic acids is 2. The van der Waals surface area contributed by atoms with Crippen molar-refractivity contribution >= 4 is 41.0 Å². The number of primary amides is 1. The summed E-state index contributed by atoms with van der Waals surface area (Å²) in [6.07, 6.45) is 2.01. The standard InChI is InChI=1S/C17H18ClN3O2S/c1-24-12-8-6-11(7-9-12)20-16(22)10-15(21-17(19)23)13-4-2-3-5-14(13)18/h2-9,15H,10H2,1H3,(H,20,22)(H3,19,21,23)/t15-/m0/s1. The molecule has 3 amide bonds. The molecule has 0 aliphatic carbocycles. The van der Waals surface area contributed by atoms with E-state index in [1.807, 2.05) is 30.5 Å². The highest BCUT2D eigenvalue weighted by Gasteiger charge is 2.19. The van der Waals surface area contributed by atoms with Crippen molar-refractivity contribution in [1.82, 2.24) is 5.32 Å². The van der Waals surface area contributed by atoms with Crippen LogP contribution in [0.4, 0.5) is 10.5 Å². The fourth-order valence-corrected chi connectivity index (χ4v) is 2.92. The minimum Gasteiger partial charge on any atom is -0.352 e. The smallest absolute Gasteiger partial charge is 0.312 e. The van der Waals surface area contributed by atoms with Crippen molar-refractivity contribution in [3.63, 3.8) is 0 Å². The second-order valence-corrected chi connectivity index (χ2v) is 6.35. The van der Waals surface area contributed by atoms with Crippen molar-refractivity contribution in [3.8, 4) is 0 Å². The Morgan fingerprint density at radius 2 is 1.83 bits per heavy atom. The van der Waals surface area contributed by atoms with Crippen LogP contribution < -0.4 is 16.4 Å². The first-order chi connectivity index (χ1) is 11.5. The van der Waals surface area contributed by atoms with Gasteiger partial charge in [-0.15, -0.1) is 11.8 Å². The van der Waals surface area contributed by atoms with Crippen molar-refractivity contribution in [1.29, 1.82) is 0 Å². The van der Waals surface area contributed by atoms with Crippen LogP contribution in [0.3, 0.4) is 0 Å². The van der Waals surface area contributed by atoms with E-state index >= 15 is 0 Å². The Kier molecular flexibility index (Phi) is 6.52. The molecule has 0 radical (unpaired) electrons. The van der Waals surface area contributed by atoms with E-state index in [-0.39, 0.29) is 12.3 Å². The van der Waals surface area contributed by atoms with E-state index < -0.39 is 12.1 Å². The largest absolute Gasteiger partial charge is 0.352 e. The van der Waals surface area contributed by atoms with Crippen LogP contribution in [0.1, 0.15) is 18.0 Å². The summed E-state index contributed by atoms with van der Waals surface area (Å²) in [7, 11) is 0. The number of rotatable bonds is 6. The Bertz CT molecular complexity index is 722. The van der Waals surface area contributed by atoms with Crippen molar-refractivity contribution < 1.29 is 9.59 Å². The summed E-state index contributed by atoms with van der Waals surface area (Å²) in [5.74, 6) is -0.245. The van der Waals surface area contributed by atoms with E-state index in [0.717, 1.165) is 4.90 Å². The van der Waals surface area contributed by atoms with E-state index in [4.69, 9.17) is 17.3 Å². The molecule has 2 aromatic carbocycles. The highest BCUT2D eigenvalue weighted by molar-refractivity contribution is 7.98. The molecule has 0 aliphatic heterocycles. The van der Waals surface area contributed by atoms with Gasteiger partial charge < -0.3 is 16.4 Å². The fourth-order valence-electron chi connectivity index (χ4n) is 2.24. The molecule has 2 aromatic rings. The van der Waals surface area contributed by atoms with Gasteiger partial charge in [-0.2, -0.15) is 0 Å². The number of hydrogen-bond donors (Lipinski definition) is 3. The van der Waals surface area contributed by atoms with Crippen LogP contribution in [0.15, 0.2) is 53.4 Å². The Balaban J connectivity index is 2.09. The second kappa shape index (κ2) is 8.61. The molecule has 0 spiro atoms. The first-order valence-electron chi connectivity index (χ1n) is 7.24. The van der Waals surface area contributed by atoms with Gasteiger partial charge in [0.1, 0.15) is 0 Å². The minimum absolute atomic E-state index is 0.0248. The molecule has 0 saturated carbocycles. The Morgan fingerprint density at radius 3 is 2.42 bits per heavy atom. The summed E-state index contributed by atoms with van der Waals surface area (Å²) >= 11 is 7.78. The van der Waals surface area contributed by atoms with Crippen LogP contribution in [0.25, 0.3) is 0 Å². The van der Waals surface area contributed by atoms with Crippen LogP contribution in [0.2, 0.25) is 5.02 Å². The van der Waals surface area contributed by atoms with Crippen LogP contribution in [0.5, 0.6) is 0 Å². The number of thioether (sulfide) groups is 1. The lowest BCUT2D eigenvalue weighted by molar-refractivity contribution is -0.116. The zero-order chi connectivity index (χ0) is 17.5.